The Morgan fingerprint density at radius 1 is 1.32 bits per heavy atom. The lowest BCUT2D eigenvalue weighted by Gasteiger charge is -2.17. The third-order valence-corrected chi connectivity index (χ3v) is 3.77. The smallest absolute Gasteiger partial charge is 0.137 e. The van der Waals surface area contributed by atoms with Crippen LogP contribution in [0.4, 0.5) is 5.82 Å². The van der Waals surface area contributed by atoms with Gasteiger partial charge in [0.25, 0.3) is 0 Å². The Morgan fingerprint density at radius 2 is 2.05 bits per heavy atom. The number of nitrogens with one attached hydrogen (secondary N) is 1. The summed E-state index contributed by atoms with van der Waals surface area (Å²) in [7, 11) is 0. The van der Waals surface area contributed by atoms with E-state index in [0.717, 1.165) is 21.3 Å². The highest BCUT2D eigenvalue weighted by atomic mass is 79.9. The Bertz CT molecular complexity index is 574. The van der Waals surface area contributed by atoms with Gasteiger partial charge in [0.1, 0.15) is 21.3 Å². The number of rotatable bonds is 3. The maximum absolute atomic E-state index is 4.55. The predicted octanol–water partition coefficient (Wildman–Crippen LogP) is 3.91. The minimum absolute atomic E-state index is 0.0714. The van der Waals surface area contributed by atoms with Crippen LogP contribution in [0.5, 0.6) is 0 Å². The first-order chi connectivity index (χ1) is 8.84. The average molecular weight is 341 g/mol. The molecule has 0 fully saturated rings. The third-order valence-electron chi connectivity index (χ3n) is 2.46. The summed E-state index contributed by atoms with van der Waals surface area (Å²) in [5.41, 5.74) is -0.0714. The maximum atomic E-state index is 4.55. The van der Waals surface area contributed by atoms with Gasteiger partial charge in [-0.3, -0.25) is 0 Å². The molecule has 0 aliphatic heterocycles. The van der Waals surface area contributed by atoms with E-state index in [1.54, 1.807) is 11.3 Å². The minimum Gasteiger partial charge on any atom is -0.363 e. The molecule has 0 spiro atoms. The molecule has 6 heteroatoms. The molecule has 0 unspecified atom stereocenters. The molecule has 2 aromatic rings. The highest BCUT2D eigenvalue weighted by Gasteiger charge is 2.18. The average Bonchev–Trinajstić information content (AvgIpc) is 2.71. The van der Waals surface area contributed by atoms with Gasteiger partial charge in [0.05, 0.1) is 6.54 Å². The Kier molecular flexibility index (Phi) is 4.20. The number of hydrogen-bond donors (Lipinski definition) is 1. The van der Waals surface area contributed by atoms with Crippen LogP contribution >= 0.6 is 27.3 Å². The largest absolute Gasteiger partial charge is 0.363 e. The molecule has 0 aliphatic rings. The number of anilines is 1. The zero-order valence-electron chi connectivity index (χ0n) is 11.5. The van der Waals surface area contributed by atoms with Gasteiger partial charge in [-0.1, -0.05) is 20.8 Å². The number of nitrogens with zero attached hydrogens (tertiary/aromatic N) is 3. The zero-order chi connectivity index (χ0) is 14.0. The van der Waals surface area contributed by atoms with Crippen LogP contribution < -0.4 is 5.32 Å². The SMILES string of the molecule is Cc1cnc(CNc2cc(Br)nc(C(C)(C)C)n2)s1. The van der Waals surface area contributed by atoms with Gasteiger partial charge in [-0.05, 0) is 22.9 Å². The third kappa shape index (κ3) is 3.98. The van der Waals surface area contributed by atoms with Gasteiger partial charge in [0, 0.05) is 22.6 Å². The first-order valence-corrected chi connectivity index (χ1v) is 7.66. The van der Waals surface area contributed by atoms with Gasteiger partial charge < -0.3 is 5.32 Å². The van der Waals surface area contributed by atoms with Crippen LogP contribution in [0.2, 0.25) is 0 Å². The van der Waals surface area contributed by atoms with E-state index >= 15 is 0 Å². The summed E-state index contributed by atoms with van der Waals surface area (Å²) < 4.78 is 0.797. The Balaban J connectivity index is 2.14. The van der Waals surface area contributed by atoms with Crippen molar-refractivity contribution in [3.63, 3.8) is 0 Å². The molecule has 0 amide bonds. The fraction of sp³-hybridized carbons (Fsp3) is 0.462. The summed E-state index contributed by atoms with van der Waals surface area (Å²) in [6.07, 6.45) is 1.89. The molecule has 2 rings (SSSR count). The van der Waals surface area contributed by atoms with Crippen molar-refractivity contribution in [2.45, 2.75) is 39.7 Å². The number of aromatic nitrogens is 3. The molecule has 0 saturated heterocycles. The molecule has 2 heterocycles. The van der Waals surface area contributed by atoms with Crippen molar-refractivity contribution < 1.29 is 0 Å². The number of thiazole rings is 1. The van der Waals surface area contributed by atoms with Crippen molar-refractivity contribution >= 4 is 33.1 Å². The molecule has 19 heavy (non-hydrogen) atoms. The molecule has 0 aliphatic carbocycles. The number of aryl methyl sites for hydroxylation is 1. The molecule has 1 N–H and O–H groups in total. The van der Waals surface area contributed by atoms with Crippen molar-refractivity contribution in [1.82, 2.24) is 15.0 Å². The summed E-state index contributed by atoms with van der Waals surface area (Å²) in [6.45, 7) is 9.04. The normalized spacial score (nSPS) is 11.6. The lowest BCUT2D eigenvalue weighted by atomic mass is 9.96. The van der Waals surface area contributed by atoms with Crippen LogP contribution in [0, 0.1) is 6.92 Å². The van der Waals surface area contributed by atoms with Crippen LogP contribution in [-0.2, 0) is 12.0 Å². The highest BCUT2D eigenvalue weighted by Crippen LogP contribution is 2.23. The van der Waals surface area contributed by atoms with Crippen LogP contribution in [0.1, 0.15) is 36.5 Å². The monoisotopic (exact) mass is 340 g/mol. The van der Waals surface area contributed by atoms with E-state index in [0.29, 0.717) is 6.54 Å². The van der Waals surface area contributed by atoms with E-state index in [2.05, 4.69) is 63.9 Å². The molecule has 0 atom stereocenters. The van der Waals surface area contributed by atoms with E-state index in [-0.39, 0.29) is 5.41 Å². The molecule has 0 aromatic carbocycles. The maximum Gasteiger partial charge on any atom is 0.137 e. The summed E-state index contributed by atoms with van der Waals surface area (Å²) in [4.78, 5) is 14.5. The van der Waals surface area contributed by atoms with Crippen molar-refractivity contribution in [2.24, 2.45) is 0 Å². The summed E-state index contributed by atoms with van der Waals surface area (Å²) in [5, 5.41) is 4.35. The molecule has 0 radical (unpaired) electrons. The lowest BCUT2D eigenvalue weighted by molar-refractivity contribution is 0.544. The van der Waals surface area contributed by atoms with Gasteiger partial charge in [0.2, 0.25) is 0 Å². The lowest BCUT2D eigenvalue weighted by Crippen LogP contribution is -2.17. The van der Waals surface area contributed by atoms with Gasteiger partial charge in [0.15, 0.2) is 0 Å². The minimum atomic E-state index is -0.0714. The molecule has 4 nitrogen and oxygen atoms in total. The van der Waals surface area contributed by atoms with Crippen LogP contribution in [0.15, 0.2) is 16.9 Å². The topological polar surface area (TPSA) is 50.7 Å². The highest BCUT2D eigenvalue weighted by molar-refractivity contribution is 9.10. The standard InChI is InChI=1S/C13H17BrN4S/c1-8-6-16-11(19-8)7-15-10-5-9(14)17-12(18-10)13(2,3)4/h5-6H,7H2,1-4H3,(H,15,17,18). The first-order valence-electron chi connectivity index (χ1n) is 6.05. The Morgan fingerprint density at radius 3 is 2.63 bits per heavy atom. The summed E-state index contributed by atoms with van der Waals surface area (Å²) >= 11 is 5.12. The van der Waals surface area contributed by atoms with Crippen molar-refractivity contribution in [3.05, 3.63) is 32.6 Å². The van der Waals surface area contributed by atoms with E-state index in [1.165, 1.54) is 4.88 Å². The van der Waals surface area contributed by atoms with Crippen molar-refractivity contribution in [2.75, 3.05) is 5.32 Å². The number of hydrogen-bond acceptors (Lipinski definition) is 5. The van der Waals surface area contributed by atoms with Crippen LogP contribution in [0.25, 0.3) is 0 Å². The van der Waals surface area contributed by atoms with E-state index in [9.17, 15) is 0 Å². The Labute approximate surface area is 125 Å². The fourth-order valence-corrected chi connectivity index (χ4v) is 2.60. The molecular weight excluding hydrogens is 324 g/mol. The summed E-state index contributed by atoms with van der Waals surface area (Å²) in [5.74, 6) is 1.64. The molecule has 0 saturated carbocycles. The second-order valence-electron chi connectivity index (χ2n) is 5.37. The zero-order valence-corrected chi connectivity index (χ0v) is 13.9. The van der Waals surface area contributed by atoms with E-state index in [1.807, 2.05) is 12.3 Å². The van der Waals surface area contributed by atoms with Gasteiger partial charge in [-0.15, -0.1) is 11.3 Å². The second kappa shape index (κ2) is 5.54. The second-order valence-corrected chi connectivity index (χ2v) is 7.50. The van der Waals surface area contributed by atoms with E-state index in [4.69, 9.17) is 0 Å². The quantitative estimate of drug-likeness (QED) is 0.860. The first kappa shape index (κ1) is 14.4. The van der Waals surface area contributed by atoms with Crippen LogP contribution in [0.3, 0.4) is 0 Å². The van der Waals surface area contributed by atoms with Gasteiger partial charge in [-0.25, -0.2) is 15.0 Å². The van der Waals surface area contributed by atoms with Crippen LogP contribution in [-0.4, -0.2) is 15.0 Å². The Hall–Kier alpha value is -1.01. The van der Waals surface area contributed by atoms with Crippen molar-refractivity contribution in [3.8, 4) is 0 Å². The predicted molar refractivity (Wildman–Crippen MR) is 82.6 cm³/mol. The molecule has 102 valence electrons. The fourth-order valence-electron chi connectivity index (χ4n) is 1.49. The van der Waals surface area contributed by atoms with Gasteiger partial charge >= 0.3 is 0 Å². The van der Waals surface area contributed by atoms with Gasteiger partial charge in [-0.2, -0.15) is 0 Å². The van der Waals surface area contributed by atoms with Crippen molar-refractivity contribution in [1.29, 1.82) is 0 Å². The molecular formula is C13H17BrN4S. The van der Waals surface area contributed by atoms with E-state index < -0.39 is 0 Å². The molecule has 2 aromatic heterocycles. The number of halogens is 1. The molecule has 0 bridgehead atoms. The summed E-state index contributed by atoms with van der Waals surface area (Å²) in [6, 6.07) is 1.88.